The molecule has 0 unspecified atom stereocenters. The minimum atomic E-state index is -0.530. The molecule has 19 heavy (non-hydrogen) atoms. The van der Waals surface area contributed by atoms with Crippen LogP contribution in [0.1, 0.15) is 0 Å². The Morgan fingerprint density at radius 3 is 2.84 bits per heavy atom. The average molecular weight is 279 g/mol. The number of nitrogens with two attached hydrogens (primary N) is 1. The number of thiocarbonyl (C=S) groups is 1. The Hall–Kier alpha value is -2.55. The van der Waals surface area contributed by atoms with Crippen LogP contribution in [0.4, 0.5) is 11.4 Å². The molecule has 1 aromatic heterocycles. The largest absolute Gasteiger partial charge is 0.493 e. The Balaban J connectivity index is 2.73. The molecule has 3 N–H and O–H groups in total. The summed E-state index contributed by atoms with van der Waals surface area (Å²) in [5.74, 6) is -0.171. The molecular weight excluding hydrogens is 270 g/mol. The number of aromatic hydroxyl groups is 1. The standard InChI is InChI=1S/C10H9N5O3S/c1-14-7-3-2-5(15(17)18)4-6(7)8(9(14)16)12-13-10(11)19/h2-4,16H,1H3,(H2,11,19). The van der Waals surface area contributed by atoms with Crippen LogP contribution in [-0.4, -0.2) is 19.7 Å². The highest BCUT2D eigenvalue weighted by atomic mass is 32.1. The van der Waals surface area contributed by atoms with Gasteiger partial charge in [-0.15, -0.1) is 10.2 Å². The molecule has 0 bridgehead atoms. The van der Waals surface area contributed by atoms with Crippen LogP contribution < -0.4 is 5.73 Å². The van der Waals surface area contributed by atoms with Crippen molar-refractivity contribution in [1.29, 1.82) is 0 Å². The molecule has 1 heterocycles. The first-order chi connectivity index (χ1) is 8.91. The third-order valence-corrected chi connectivity index (χ3v) is 2.67. The second-order valence-corrected chi connectivity index (χ2v) is 4.15. The van der Waals surface area contributed by atoms with Crippen molar-refractivity contribution in [2.75, 3.05) is 0 Å². The Kier molecular flexibility index (Phi) is 3.13. The highest BCUT2D eigenvalue weighted by molar-refractivity contribution is 7.80. The second-order valence-electron chi connectivity index (χ2n) is 3.73. The zero-order valence-electron chi connectivity index (χ0n) is 9.77. The maximum Gasteiger partial charge on any atom is 0.270 e. The molecule has 98 valence electrons. The molecule has 0 aliphatic carbocycles. The van der Waals surface area contributed by atoms with Crippen LogP contribution in [0.25, 0.3) is 10.9 Å². The maximum atomic E-state index is 10.8. The number of hydrogen-bond acceptors (Lipinski definition) is 5. The van der Waals surface area contributed by atoms with Gasteiger partial charge in [0.15, 0.2) is 5.69 Å². The van der Waals surface area contributed by atoms with Crippen molar-refractivity contribution in [1.82, 2.24) is 4.57 Å². The zero-order chi connectivity index (χ0) is 14.2. The smallest absolute Gasteiger partial charge is 0.270 e. The number of nitro groups is 1. The van der Waals surface area contributed by atoms with E-state index in [4.69, 9.17) is 5.73 Å². The fourth-order valence-corrected chi connectivity index (χ4v) is 1.75. The van der Waals surface area contributed by atoms with Gasteiger partial charge in [0, 0.05) is 24.6 Å². The molecule has 0 saturated heterocycles. The van der Waals surface area contributed by atoms with E-state index in [-0.39, 0.29) is 22.4 Å². The van der Waals surface area contributed by atoms with Crippen LogP contribution in [0.2, 0.25) is 0 Å². The Morgan fingerprint density at radius 2 is 2.26 bits per heavy atom. The van der Waals surface area contributed by atoms with Crippen molar-refractivity contribution in [3.05, 3.63) is 28.3 Å². The molecule has 0 atom stereocenters. The highest BCUT2D eigenvalue weighted by Crippen LogP contribution is 2.39. The summed E-state index contributed by atoms with van der Waals surface area (Å²) >= 11 is 4.56. The summed E-state index contributed by atoms with van der Waals surface area (Å²) in [5, 5.41) is 28.1. The Labute approximate surface area is 112 Å². The zero-order valence-corrected chi connectivity index (χ0v) is 10.6. The van der Waals surface area contributed by atoms with Gasteiger partial charge < -0.3 is 15.4 Å². The van der Waals surface area contributed by atoms with Crippen LogP contribution in [0, 0.1) is 10.1 Å². The molecule has 0 amide bonds. The number of hydrogen-bond donors (Lipinski definition) is 2. The summed E-state index contributed by atoms with van der Waals surface area (Å²) in [5.41, 5.74) is 5.76. The van der Waals surface area contributed by atoms with E-state index in [1.807, 2.05) is 0 Å². The van der Waals surface area contributed by atoms with Crippen molar-refractivity contribution >= 4 is 39.6 Å². The summed E-state index contributed by atoms with van der Waals surface area (Å²) in [6.07, 6.45) is 0. The molecule has 0 spiro atoms. The lowest BCUT2D eigenvalue weighted by molar-refractivity contribution is -0.384. The van der Waals surface area contributed by atoms with Gasteiger partial charge in [-0.2, -0.15) is 0 Å². The first-order valence-electron chi connectivity index (χ1n) is 5.08. The fourth-order valence-electron chi connectivity index (χ4n) is 1.71. The SMILES string of the molecule is Cn1c(O)c(N=NC(N)=S)c2cc([N+](=O)[O-])ccc21. The van der Waals surface area contributed by atoms with Gasteiger partial charge in [-0.25, -0.2) is 0 Å². The number of aryl methyl sites for hydroxylation is 1. The summed E-state index contributed by atoms with van der Waals surface area (Å²) < 4.78 is 1.44. The van der Waals surface area contributed by atoms with E-state index < -0.39 is 4.92 Å². The molecule has 2 rings (SSSR count). The molecule has 0 aliphatic heterocycles. The lowest BCUT2D eigenvalue weighted by Gasteiger charge is -1.95. The van der Waals surface area contributed by atoms with Crippen LogP contribution in [0.15, 0.2) is 28.4 Å². The van der Waals surface area contributed by atoms with Gasteiger partial charge in [0.25, 0.3) is 5.69 Å². The third kappa shape index (κ3) is 2.22. The molecule has 0 saturated carbocycles. The summed E-state index contributed by atoms with van der Waals surface area (Å²) in [7, 11) is 1.60. The molecule has 1 aromatic carbocycles. The normalized spacial score (nSPS) is 11.2. The molecule has 8 nitrogen and oxygen atoms in total. The lowest BCUT2D eigenvalue weighted by atomic mass is 10.2. The molecule has 0 aliphatic rings. The number of nitro benzene ring substituents is 1. The van der Waals surface area contributed by atoms with Gasteiger partial charge in [-0.1, -0.05) is 0 Å². The quantitative estimate of drug-likeness (QED) is 0.377. The predicted molar refractivity (Wildman–Crippen MR) is 72.5 cm³/mol. The highest BCUT2D eigenvalue weighted by Gasteiger charge is 2.17. The summed E-state index contributed by atoms with van der Waals surface area (Å²) in [6.45, 7) is 0. The van der Waals surface area contributed by atoms with Crippen molar-refractivity contribution in [3.8, 4) is 5.88 Å². The number of benzene rings is 1. The number of azo groups is 1. The summed E-state index contributed by atoms with van der Waals surface area (Å²) in [6, 6.07) is 4.17. The minimum absolute atomic E-state index is 0.0917. The topological polar surface area (TPSA) is 119 Å². The van der Waals surface area contributed by atoms with E-state index in [1.165, 1.54) is 22.8 Å². The predicted octanol–water partition coefficient (Wildman–Crippen LogP) is 2.12. The number of rotatable bonds is 2. The second kappa shape index (κ2) is 4.61. The average Bonchev–Trinajstić information content (AvgIpc) is 2.59. The van der Waals surface area contributed by atoms with Crippen LogP contribution in [0.3, 0.4) is 0 Å². The van der Waals surface area contributed by atoms with Gasteiger partial charge in [0.05, 0.1) is 10.4 Å². The number of nitrogens with zero attached hydrogens (tertiary/aromatic N) is 4. The fraction of sp³-hybridized carbons (Fsp3) is 0.100. The monoisotopic (exact) mass is 279 g/mol. The minimum Gasteiger partial charge on any atom is -0.493 e. The van der Waals surface area contributed by atoms with Gasteiger partial charge in [-0.05, 0) is 18.3 Å². The van der Waals surface area contributed by atoms with Gasteiger partial charge >= 0.3 is 0 Å². The first-order valence-corrected chi connectivity index (χ1v) is 5.49. The van der Waals surface area contributed by atoms with E-state index in [0.29, 0.717) is 10.9 Å². The van der Waals surface area contributed by atoms with Crippen LogP contribution >= 0.6 is 12.2 Å². The molecule has 2 aromatic rings. The van der Waals surface area contributed by atoms with Crippen molar-refractivity contribution in [2.24, 2.45) is 23.0 Å². The van der Waals surface area contributed by atoms with E-state index in [2.05, 4.69) is 22.4 Å². The van der Waals surface area contributed by atoms with E-state index in [9.17, 15) is 15.2 Å². The van der Waals surface area contributed by atoms with E-state index >= 15 is 0 Å². The third-order valence-electron chi connectivity index (χ3n) is 2.59. The van der Waals surface area contributed by atoms with Crippen molar-refractivity contribution in [2.45, 2.75) is 0 Å². The van der Waals surface area contributed by atoms with Crippen molar-refractivity contribution < 1.29 is 10.0 Å². The van der Waals surface area contributed by atoms with E-state index in [0.717, 1.165) is 0 Å². The molecule has 0 radical (unpaired) electrons. The molecular formula is C10H9N5O3S. The summed E-state index contributed by atoms with van der Waals surface area (Å²) in [4.78, 5) is 10.2. The van der Waals surface area contributed by atoms with Gasteiger partial charge in [0.2, 0.25) is 11.0 Å². The number of aromatic nitrogens is 1. The lowest BCUT2D eigenvalue weighted by Crippen LogP contribution is -2.01. The Morgan fingerprint density at radius 1 is 1.58 bits per heavy atom. The van der Waals surface area contributed by atoms with Gasteiger partial charge in [-0.3, -0.25) is 10.1 Å². The van der Waals surface area contributed by atoms with Gasteiger partial charge in [0.1, 0.15) is 0 Å². The van der Waals surface area contributed by atoms with Crippen molar-refractivity contribution in [3.63, 3.8) is 0 Å². The van der Waals surface area contributed by atoms with E-state index in [1.54, 1.807) is 7.05 Å². The van der Waals surface area contributed by atoms with Crippen LogP contribution in [0.5, 0.6) is 5.88 Å². The maximum absolute atomic E-state index is 10.8. The number of non-ortho nitro benzene ring substituents is 1. The first kappa shape index (κ1) is 12.9. The molecule has 9 heteroatoms. The number of fused-ring (bicyclic) bond motifs is 1. The Bertz CT molecular complexity index is 722. The molecule has 0 fully saturated rings. The van der Waals surface area contributed by atoms with Crippen LogP contribution in [-0.2, 0) is 7.05 Å².